The van der Waals surface area contributed by atoms with Gasteiger partial charge in [0.2, 0.25) is 0 Å². The Bertz CT molecular complexity index is 527. The maximum Gasteiger partial charge on any atom is 0.137 e. The second-order valence-electron chi connectivity index (χ2n) is 3.72. The molecule has 0 radical (unpaired) electrons. The number of nitrogens with one attached hydrogen (secondary N) is 1. The van der Waals surface area contributed by atoms with Crippen molar-refractivity contribution in [3.63, 3.8) is 0 Å². The fourth-order valence-electron chi connectivity index (χ4n) is 1.64. The first-order valence-electron chi connectivity index (χ1n) is 5.09. The Balaban J connectivity index is 2.38. The molecular formula is C12H12BrFN2S. The van der Waals surface area contributed by atoms with Crippen LogP contribution in [0.3, 0.4) is 0 Å². The Hall–Kier alpha value is -0.750. The normalized spacial score (nSPS) is 12.7. The SMILES string of the molecule is Cc1ccc(C(NN)c2ccc(F)c(Br)c2)s1. The number of halogens is 2. The maximum absolute atomic E-state index is 13.2. The van der Waals surface area contributed by atoms with Crippen LogP contribution in [0, 0.1) is 12.7 Å². The highest BCUT2D eigenvalue weighted by Gasteiger charge is 2.15. The predicted octanol–water partition coefficient (Wildman–Crippen LogP) is 3.51. The lowest BCUT2D eigenvalue weighted by Gasteiger charge is -2.15. The van der Waals surface area contributed by atoms with E-state index in [4.69, 9.17) is 5.84 Å². The molecule has 2 nitrogen and oxygen atoms in total. The summed E-state index contributed by atoms with van der Waals surface area (Å²) in [5.74, 6) is 5.31. The van der Waals surface area contributed by atoms with E-state index in [1.165, 1.54) is 10.9 Å². The predicted molar refractivity (Wildman–Crippen MR) is 72.3 cm³/mol. The van der Waals surface area contributed by atoms with E-state index in [2.05, 4.69) is 21.4 Å². The van der Waals surface area contributed by atoms with E-state index in [9.17, 15) is 4.39 Å². The van der Waals surface area contributed by atoms with Gasteiger partial charge in [-0.1, -0.05) is 6.07 Å². The van der Waals surface area contributed by atoms with Crippen molar-refractivity contribution in [3.8, 4) is 0 Å². The third-order valence-corrected chi connectivity index (χ3v) is 4.16. The molecule has 3 N–H and O–H groups in total. The van der Waals surface area contributed by atoms with E-state index in [-0.39, 0.29) is 11.9 Å². The molecular weight excluding hydrogens is 303 g/mol. The zero-order valence-corrected chi connectivity index (χ0v) is 11.6. The van der Waals surface area contributed by atoms with Crippen LogP contribution in [0.15, 0.2) is 34.8 Å². The highest BCUT2D eigenvalue weighted by atomic mass is 79.9. The van der Waals surface area contributed by atoms with Gasteiger partial charge in [0.25, 0.3) is 0 Å². The summed E-state index contributed by atoms with van der Waals surface area (Å²) in [4.78, 5) is 2.34. The highest BCUT2D eigenvalue weighted by molar-refractivity contribution is 9.10. The van der Waals surface area contributed by atoms with Gasteiger partial charge in [0.1, 0.15) is 5.82 Å². The molecule has 1 atom stereocenters. The summed E-state index contributed by atoms with van der Waals surface area (Å²) in [6.07, 6.45) is 0. The van der Waals surface area contributed by atoms with Crippen molar-refractivity contribution in [1.82, 2.24) is 5.43 Å². The first kappa shape index (κ1) is 12.7. The van der Waals surface area contributed by atoms with E-state index in [0.29, 0.717) is 4.47 Å². The summed E-state index contributed by atoms with van der Waals surface area (Å²) < 4.78 is 13.6. The highest BCUT2D eigenvalue weighted by Crippen LogP contribution is 2.29. The smallest absolute Gasteiger partial charge is 0.137 e. The zero-order chi connectivity index (χ0) is 12.4. The Morgan fingerprint density at radius 3 is 2.65 bits per heavy atom. The minimum atomic E-state index is -0.271. The molecule has 1 aromatic heterocycles. The molecule has 1 unspecified atom stereocenters. The molecule has 0 aliphatic carbocycles. The molecule has 0 spiro atoms. The van der Waals surface area contributed by atoms with Gasteiger partial charge in [0.15, 0.2) is 0 Å². The van der Waals surface area contributed by atoms with Crippen LogP contribution in [-0.2, 0) is 0 Å². The summed E-state index contributed by atoms with van der Waals surface area (Å²) in [6.45, 7) is 2.04. The molecule has 0 saturated heterocycles. The Morgan fingerprint density at radius 2 is 2.12 bits per heavy atom. The number of hydrogen-bond donors (Lipinski definition) is 2. The first-order valence-corrected chi connectivity index (χ1v) is 6.70. The van der Waals surface area contributed by atoms with Crippen molar-refractivity contribution in [3.05, 3.63) is 55.9 Å². The maximum atomic E-state index is 13.2. The largest absolute Gasteiger partial charge is 0.271 e. The number of nitrogens with two attached hydrogens (primary N) is 1. The van der Waals surface area contributed by atoms with Crippen LogP contribution in [0.1, 0.15) is 21.4 Å². The fourth-order valence-corrected chi connectivity index (χ4v) is 3.01. The molecule has 1 heterocycles. The third kappa shape index (κ3) is 2.74. The Morgan fingerprint density at radius 1 is 1.35 bits per heavy atom. The van der Waals surface area contributed by atoms with Gasteiger partial charge in [-0.3, -0.25) is 5.84 Å². The lowest BCUT2D eigenvalue weighted by Crippen LogP contribution is -2.28. The minimum absolute atomic E-state index is 0.106. The van der Waals surface area contributed by atoms with Gasteiger partial charge >= 0.3 is 0 Å². The van der Waals surface area contributed by atoms with Gasteiger partial charge in [-0.15, -0.1) is 11.3 Å². The lowest BCUT2D eigenvalue weighted by atomic mass is 10.1. The van der Waals surface area contributed by atoms with Crippen molar-refractivity contribution in [2.24, 2.45) is 5.84 Å². The molecule has 90 valence electrons. The molecule has 0 saturated carbocycles. The van der Waals surface area contributed by atoms with Crippen LogP contribution in [0.2, 0.25) is 0 Å². The molecule has 0 bridgehead atoms. The summed E-state index contributed by atoms with van der Waals surface area (Å²) in [7, 11) is 0. The van der Waals surface area contributed by atoms with Crippen LogP contribution in [-0.4, -0.2) is 0 Å². The van der Waals surface area contributed by atoms with Crippen molar-refractivity contribution >= 4 is 27.3 Å². The number of hydrogen-bond acceptors (Lipinski definition) is 3. The van der Waals surface area contributed by atoms with E-state index in [0.717, 1.165) is 10.4 Å². The van der Waals surface area contributed by atoms with Crippen LogP contribution in [0.5, 0.6) is 0 Å². The second kappa shape index (κ2) is 5.27. The van der Waals surface area contributed by atoms with Gasteiger partial charge in [-0.2, -0.15) is 0 Å². The van der Waals surface area contributed by atoms with E-state index in [1.54, 1.807) is 23.5 Å². The lowest BCUT2D eigenvalue weighted by molar-refractivity contribution is 0.612. The molecule has 0 fully saturated rings. The molecule has 2 rings (SSSR count). The standard InChI is InChI=1S/C12H12BrFN2S/c1-7-2-5-11(17-7)12(16-15)8-3-4-10(14)9(13)6-8/h2-6,12,16H,15H2,1H3. The van der Waals surface area contributed by atoms with Gasteiger partial charge in [-0.25, -0.2) is 9.82 Å². The van der Waals surface area contributed by atoms with Crippen molar-refractivity contribution in [1.29, 1.82) is 0 Å². The van der Waals surface area contributed by atoms with Crippen molar-refractivity contribution < 1.29 is 4.39 Å². The van der Waals surface area contributed by atoms with Crippen LogP contribution >= 0.6 is 27.3 Å². The summed E-state index contributed by atoms with van der Waals surface area (Å²) in [5.41, 5.74) is 3.69. The van der Waals surface area contributed by atoms with E-state index in [1.807, 2.05) is 19.1 Å². The number of thiophene rings is 1. The molecule has 1 aromatic carbocycles. The van der Waals surface area contributed by atoms with Gasteiger partial charge in [0, 0.05) is 9.75 Å². The van der Waals surface area contributed by atoms with E-state index < -0.39 is 0 Å². The Labute approximate surface area is 112 Å². The molecule has 2 aromatic rings. The first-order chi connectivity index (χ1) is 8.11. The van der Waals surface area contributed by atoms with Crippen molar-refractivity contribution in [2.45, 2.75) is 13.0 Å². The van der Waals surface area contributed by atoms with E-state index >= 15 is 0 Å². The number of hydrazine groups is 1. The Kier molecular flexibility index (Phi) is 3.93. The zero-order valence-electron chi connectivity index (χ0n) is 9.21. The molecule has 0 aliphatic rings. The summed E-state index contributed by atoms with van der Waals surface area (Å²) in [5, 5.41) is 0. The van der Waals surface area contributed by atoms with Crippen LogP contribution < -0.4 is 11.3 Å². The average molecular weight is 315 g/mol. The fraction of sp³-hybridized carbons (Fsp3) is 0.167. The average Bonchev–Trinajstić information content (AvgIpc) is 2.71. The van der Waals surface area contributed by atoms with Gasteiger partial charge < -0.3 is 0 Å². The van der Waals surface area contributed by atoms with Gasteiger partial charge in [0.05, 0.1) is 10.5 Å². The van der Waals surface area contributed by atoms with Crippen molar-refractivity contribution in [2.75, 3.05) is 0 Å². The minimum Gasteiger partial charge on any atom is -0.271 e. The summed E-state index contributed by atoms with van der Waals surface area (Å²) in [6, 6.07) is 8.88. The molecule has 0 aliphatic heterocycles. The molecule has 17 heavy (non-hydrogen) atoms. The molecule has 5 heteroatoms. The van der Waals surface area contributed by atoms with Gasteiger partial charge in [-0.05, 0) is 52.7 Å². The topological polar surface area (TPSA) is 38.0 Å². The second-order valence-corrected chi connectivity index (χ2v) is 5.90. The monoisotopic (exact) mass is 314 g/mol. The van der Waals surface area contributed by atoms with Crippen LogP contribution in [0.4, 0.5) is 4.39 Å². The summed E-state index contributed by atoms with van der Waals surface area (Å²) >= 11 is 4.85. The number of benzene rings is 1. The quantitative estimate of drug-likeness (QED) is 0.672. The number of rotatable bonds is 3. The third-order valence-electron chi connectivity index (χ3n) is 2.49. The number of aryl methyl sites for hydroxylation is 1. The van der Waals surface area contributed by atoms with Crippen LogP contribution in [0.25, 0.3) is 0 Å². The molecule has 0 amide bonds.